The zero-order chi connectivity index (χ0) is 19.3. The molecule has 0 saturated carbocycles. The summed E-state index contributed by atoms with van der Waals surface area (Å²) in [6, 6.07) is 8.59. The molecule has 3 nitrogen and oxygen atoms in total. The number of allylic oxidation sites excluding steroid dienone is 4. The molecular weight excluding hydrogens is 600 g/mol. The van der Waals surface area contributed by atoms with Crippen molar-refractivity contribution in [1.82, 2.24) is 0 Å². The number of fused-ring (bicyclic) bond motifs is 2. The monoisotopic (exact) mass is 617 g/mol. The van der Waals surface area contributed by atoms with E-state index >= 15 is 0 Å². The van der Waals surface area contributed by atoms with Crippen LogP contribution in [0, 0.1) is 6.45 Å². The molecule has 1 aliphatic heterocycles. The Labute approximate surface area is 190 Å². The predicted molar refractivity (Wildman–Crippen MR) is 132 cm³/mol. The van der Waals surface area contributed by atoms with Crippen LogP contribution in [0.15, 0.2) is 46.6 Å². The van der Waals surface area contributed by atoms with Gasteiger partial charge in [-0.1, -0.05) is 19.9 Å². The Kier molecular flexibility index (Phi) is 5.23. The topological polar surface area (TPSA) is 49.7 Å². The van der Waals surface area contributed by atoms with Crippen molar-refractivity contribution in [2.24, 2.45) is 4.99 Å². The fourth-order valence-electron chi connectivity index (χ4n) is 4.03. The summed E-state index contributed by atoms with van der Waals surface area (Å²) >= 11 is 6.33. The van der Waals surface area contributed by atoms with Crippen molar-refractivity contribution in [3.8, 4) is 5.75 Å². The second kappa shape index (κ2) is 7.23. The molecule has 1 aromatic heterocycles. The van der Waals surface area contributed by atoms with E-state index in [1.807, 2.05) is 18.2 Å². The lowest BCUT2D eigenvalue weighted by Gasteiger charge is -2.37. The average Bonchev–Trinajstić information content (AvgIpc) is 2.95. The van der Waals surface area contributed by atoms with Crippen LogP contribution in [0.4, 0.5) is 5.69 Å². The lowest BCUT2D eigenvalue weighted by molar-refractivity contribution is -0.109. The third-order valence-corrected chi connectivity index (χ3v) is 14.3. The number of benzene rings is 1. The highest BCUT2D eigenvalue weighted by Gasteiger charge is 2.44. The van der Waals surface area contributed by atoms with E-state index in [-0.39, 0.29) is 11.5 Å². The Morgan fingerprint density at radius 1 is 1.22 bits per heavy atom. The van der Waals surface area contributed by atoms with Crippen LogP contribution >= 0.6 is 56.5 Å². The molecule has 0 saturated heterocycles. The van der Waals surface area contributed by atoms with Gasteiger partial charge in [-0.15, -0.1) is 11.3 Å². The van der Waals surface area contributed by atoms with E-state index in [2.05, 4.69) is 64.7 Å². The first-order valence-corrected chi connectivity index (χ1v) is 14.4. The van der Waals surface area contributed by atoms with E-state index in [0.29, 0.717) is 0 Å². The molecule has 0 amide bonds. The number of carbonyl (C=O) groups is 1. The van der Waals surface area contributed by atoms with Crippen molar-refractivity contribution in [1.29, 1.82) is 0 Å². The van der Waals surface area contributed by atoms with Gasteiger partial charge in [0, 0.05) is 14.0 Å². The highest BCUT2D eigenvalue weighted by atomic mass is 127. The Hall–Kier alpha value is -0.783. The number of thiophene rings is 1. The van der Waals surface area contributed by atoms with Crippen molar-refractivity contribution in [2.75, 3.05) is 0 Å². The fourth-order valence-corrected chi connectivity index (χ4v) is 11.1. The number of hydrogen-bond donors (Lipinski definition) is 1. The van der Waals surface area contributed by atoms with Crippen LogP contribution < -0.4 is 5.19 Å². The van der Waals surface area contributed by atoms with Crippen molar-refractivity contribution in [3.63, 3.8) is 0 Å². The van der Waals surface area contributed by atoms with E-state index in [1.54, 1.807) is 23.5 Å². The lowest BCUT2D eigenvalue weighted by atomic mass is 10.0. The molecular formula is C20H17I2NO2SSi. The van der Waals surface area contributed by atoms with E-state index in [0.717, 1.165) is 44.7 Å². The molecule has 138 valence electrons. The van der Waals surface area contributed by atoms with Gasteiger partial charge in [0.25, 0.3) is 0 Å². The maximum atomic E-state index is 13.0. The zero-order valence-electron chi connectivity index (χ0n) is 14.8. The Morgan fingerprint density at radius 3 is 2.67 bits per heavy atom. The van der Waals surface area contributed by atoms with Crippen LogP contribution in [0.5, 0.6) is 5.75 Å². The number of phenols is 1. The van der Waals surface area contributed by atoms with Gasteiger partial charge in [-0.3, -0.25) is 4.79 Å². The quantitative estimate of drug-likeness (QED) is 0.278. The fraction of sp³-hybridized carbons (Fsp3) is 0.200. The molecule has 1 N–H and O–H groups in total. The number of aromatic hydroxyl groups is 1. The number of carbonyl (C=O) groups excluding carboxylic acids is 1. The maximum absolute atomic E-state index is 13.0. The van der Waals surface area contributed by atoms with Crippen LogP contribution in [0.25, 0.3) is 5.57 Å². The van der Waals surface area contributed by atoms with Gasteiger partial charge in [-0.25, -0.2) is 4.99 Å². The molecule has 1 aliphatic carbocycles. The Bertz CT molecular complexity index is 1050. The molecule has 27 heavy (non-hydrogen) atoms. The first-order valence-electron chi connectivity index (χ1n) is 8.70. The van der Waals surface area contributed by atoms with Crippen LogP contribution in [-0.2, 0) is 4.79 Å². The van der Waals surface area contributed by atoms with Gasteiger partial charge in [0.05, 0.1) is 14.3 Å². The van der Waals surface area contributed by atoms with Crippen LogP contribution in [0.1, 0.15) is 18.2 Å². The number of rotatable bonds is 3. The highest BCUT2D eigenvalue weighted by Crippen LogP contribution is 2.42. The number of nitrogens with zero attached hydrogens (tertiary/aromatic N) is 1. The van der Waals surface area contributed by atoms with Crippen LogP contribution in [0.2, 0.25) is 12.6 Å². The minimum Gasteiger partial charge on any atom is -0.508 e. The molecule has 2 heterocycles. The number of phenolic OH excluding ortho intramolecular Hbond substituents is 1. The second-order valence-corrected chi connectivity index (χ2v) is 15.2. The smallest absolute Gasteiger partial charge is 0.187 e. The molecule has 1 aromatic carbocycles. The number of ketones is 1. The molecule has 7 heteroatoms. The summed E-state index contributed by atoms with van der Waals surface area (Å²) in [6.07, 6.45) is 4.56. The van der Waals surface area contributed by atoms with Gasteiger partial charge < -0.3 is 5.11 Å². The second-order valence-electron chi connectivity index (χ2n) is 6.96. The number of aliphatic imine (C=N–C) groups is 1. The minimum atomic E-state index is -2.23. The lowest BCUT2D eigenvalue weighted by Crippen LogP contribution is -2.52. The number of hydrogen-bond acceptors (Lipinski definition) is 4. The molecule has 1 atom stereocenters. The summed E-state index contributed by atoms with van der Waals surface area (Å²) in [5, 5.41) is 12.4. The normalized spacial score (nSPS) is 21.2. The standard InChI is InChI=1S/C20H17I2NO2SSi/c1-3-8-27(2)17-9-11(24)4-5-13(17)23-14-6-7-15(25)18(19(14)27)16-10-12(21)20(22)26-16/h4-7,9-10,24H,3,8H2,1-2H3. The first kappa shape index (κ1) is 19.5. The molecule has 0 fully saturated rings. The highest BCUT2D eigenvalue weighted by molar-refractivity contribution is 14.1. The molecule has 4 rings (SSSR count). The van der Waals surface area contributed by atoms with Crippen molar-refractivity contribution >= 4 is 92.5 Å². The largest absolute Gasteiger partial charge is 0.508 e. The summed E-state index contributed by atoms with van der Waals surface area (Å²) in [7, 11) is -2.23. The molecule has 0 radical (unpaired) electrons. The predicted octanol–water partition coefficient (Wildman–Crippen LogP) is 5.58. The molecule has 0 spiro atoms. The molecule has 2 aromatic rings. The van der Waals surface area contributed by atoms with Gasteiger partial charge >= 0.3 is 0 Å². The number of halogens is 2. The van der Waals surface area contributed by atoms with E-state index in [9.17, 15) is 9.90 Å². The molecule has 2 aliphatic rings. The summed E-state index contributed by atoms with van der Waals surface area (Å²) in [5.41, 5.74) is 2.67. The molecule has 0 bridgehead atoms. The minimum absolute atomic E-state index is 0.0661. The average molecular weight is 617 g/mol. The summed E-state index contributed by atoms with van der Waals surface area (Å²) in [5.74, 6) is 0.332. The Morgan fingerprint density at radius 2 is 2.00 bits per heavy atom. The van der Waals surface area contributed by atoms with E-state index < -0.39 is 8.07 Å². The van der Waals surface area contributed by atoms with Gasteiger partial charge in [0.15, 0.2) is 5.78 Å². The summed E-state index contributed by atoms with van der Waals surface area (Å²) in [6.45, 7) is 4.50. The first-order chi connectivity index (χ1) is 12.8. The maximum Gasteiger partial charge on any atom is 0.187 e. The molecule has 1 unspecified atom stereocenters. The summed E-state index contributed by atoms with van der Waals surface area (Å²) in [4.78, 5) is 18.9. The van der Waals surface area contributed by atoms with Crippen LogP contribution in [0.3, 0.4) is 0 Å². The van der Waals surface area contributed by atoms with Gasteiger partial charge in [-0.05, 0) is 98.0 Å². The third kappa shape index (κ3) is 3.20. The Balaban J connectivity index is 2.07. The van der Waals surface area contributed by atoms with Crippen molar-refractivity contribution in [2.45, 2.75) is 25.9 Å². The van der Waals surface area contributed by atoms with Gasteiger partial charge in [0.2, 0.25) is 0 Å². The van der Waals surface area contributed by atoms with E-state index in [1.165, 1.54) is 6.45 Å². The van der Waals surface area contributed by atoms with Crippen molar-refractivity contribution in [3.05, 3.63) is 52.9 Å². The van der Waals surface area contributed by atoms with E-state index in [4.69, 9.17) is 4.99 Å². The van der Waals surface area contributed by atoms with Gasteiger partial charge in [-0.2, -0.15) is 0 Å². The van der Waals surface area contributed by atoms with Crippen LogP contribution in [-0.4, -0.2) is 24.7 Å². The van der Waals surface area contributed by atoms with Crippen molar-refractivity contribution < 1.29 is 9.90 Å². The van der Waals surface area contributed by atoms with Gasteiger partial charge in [0.1, 0.15) is 13.8 Å². The third-order valence-electron chi connectivity index (χ3n) is 5.15. The zero-order valence-corrected chi connectivity index (χ0v) is 21.0. The SMILES string of the molecule is CCC[Si]1(C)C2=C(c3cc(I)c(I)s3)C(=O)C=CC2=Nc2ccc(O)cc21. The summed E-state index contributed by atoms with van der Waals surface area (Å²) < 4.78 is 2.37.